The number of morpholine rings is 1. The molecule has 162 valence electrons. The van der Waals surface area contributed by atoms with Crippen LogP contribution in [-0.2, 0) is 4.74 Å². The van der Waals surface area contributed by atoms with E-state index in [1.54, 1.807) is 0 Å². The number of aromatic nitrogens is 5. The molecular formula is C21H24ClN7O2. The Balaban J connectivity index is 0.00000204. The predicted molar refractivity (Wildman–Crippen MR) is 120 cm³/mol. The quantitative estimate of drug-likeness (QED) is 0.501. The minimum absolute atomic E-state index is 0. The van der Waals surface area contributed by atoms with Gasteiger partial charge in [-0.3, -0.25) is 5.10 Å². The zero-order chi connectivity index (χ0) is 20.1. The van der Waals surface area contributed by atoms with E-state index in [9.17, 15) is 0 Å². The van der Waals surface area contributed by atoms with Crippen molar-refractivity contribution < 1.29 is 9.47 Å². The Labute approximate surface area is 185 Å². The van der Waals surface area contributed by atoms with E-state index in [-0.39, 0.29) is 12.4 Å². The summed E-state index contributed by atoms with van der Waals surface area (Å²) in [6.45, 7) is 5.91. The lowest BCUT2D eigenvalue weighted by atomic mass is 10.1. The molecule has 10 heteroatoms. The third kappa shape index (κ3) is 3.48. The Morgan fingerprint density at radius 3 is 2.77 bits per heavy atom. The highest BCUT2D eigenvalue weighted by Crippen LogP contribution is 2.33. The molecule has 0 amide bonds. The SMILES string of the molecule is CCOc1cc(-c2ccc(N3CC4COCC(C3)N4)nc2)c2c3cn[nH]c3nn2c1.Cl. The number of anilines is 1. The molecule has 0 aliphatic carbocycles. The van der Waals surface area contributed by atoms with Gasteiger partial charge >= 0.3 is 0 Å². The summed E-state index contributed by atoms with van der Waals surface area (Å²) >= 11 is 0. The zero-order valence-corrected chi connectivity index (χ0v) is 17.9. The molecule has 2 N–H and O–H groups in total. The first-order valence-electron chi connectivity index (χ1n) is 10.3. The summed E-state index contributed by atoms with van der Waals surface area (Å²) in [4.78, 5) is 7.15. The van der Waals surface area contributed by atoms with Crippen molar-refractivity contribution in [2.75, 3.05) is 37.8 Å². The van der Waals surface area contributed by atoms with Crippen molar-refractivity contribution in [3.8, 4) is 16.9 Å². The van der Waals surface area contributed by atoms with Gasteiger partial charge in [0.15, 0.2) is 5.65 Å². The van der Waals surface area contributed by atoms with Crippen LogP contribution in [0.1, 0.15) is 6.92 Å². The number of rotatable bonds is 4. The van der Waals surface area contributed by atoms with Gasteiger partial charge in [0.25, 0.3) is 0 Å². The zero-order valence-electron chi connectivity index (χ0n) is 17.1. The van der Waals surface area contributed by atoms with Gasteiger partial charge in [-0.1, -0.05) is 0 Å². The fraction of sp³-hybridized carbons (Fsp3) is 0.381. The van der Waals surface area contributed by atoms with Crippen LogP contribution in [0.4, 0.5) is 5.82 Å². The van der Waals surface area contributed by atoms with E-state index in [4.69, 9.17) is 14.5 Å². The first-order valence-corrected chi connectivity index (χ1v) is 10.3. The Hall–Kier alpha value is -2.88. The first kappa shape index (κ1) is 20.0. The third-order valence-corrected chi connectivity index (χ3v) is 5.79. The molecule has 2 unspecified atom stereocenters. The molecule has 2 aliphatic rings. The number of nitrogens with zero attached hydrogens (tertiary/aromatic N) is 5. The van der Waals surface area contributed by atoms with Crippen LogP contribution < -0.4 is 15.0 Å². The number of hydrogen-bond donors (Lipinski definition) is 2. The maximum Gasteiger partial charge on any atom is 0.178 e. The summed E-state index contributed by atoms with van der Waals surface area (Å²) in [5.41, 5.74) is 3.79. The molecule has 6 rings (SSSR count). The standard InChI is InChI=1S/C21H23N7O2.ClH/c1-2-30-16-5-17(20-18-7-23-25-21(18)26-28(20)10-16)13-3-4-19(22-6-13)27-8-14-11-29-12-15(9-27)24-14;/h3-7,10,14-15,24H,2,8-9,11-12H2,1H3,(H,25,26);1H. The second-order valence-corrected chi connectivity index (χ2v) is 7.86. The summed E-state index contributed by atoms with van der Waals surface area (Å²) in [7, 11) is 0. The molecule has 31 heavy (non-hydrogen) atoms. The van der Waals surface area contributed by atoms with Gasteiger partial charge in [0.2, 0.25) is 0 Å². The van der Waals surface area contributed by atoms with Crippen LogP contribution in [0.2, 0.25) is 0 Å². The largest absolute Gasteiger partial charge is 0.492 e. The van der Waals surface area contributed by atoms with Crippen LogP contribution in [0.15, 0.2) is 36.8 Å². The molecule has 0 radical (unpaired) electrons. The average Bonchev–Trinajstić information content (AvgIpc) is 3.34. The summed E-state index contributed by atoms with van der Waals surface area (Å²) in [5, 5.41) is 16.3. The number of nitrogens with one attached hydrogen (secondary N) is 2. The second-order valence-electron chi connectivity index (χ2n) is 7.86. The smallest absolute Gasteiger partial charge is 0.178 e. The lowest BCUT2D eigenvalue weighted by Gasteiger charge is -2.42. The number of hydrogen-bond acceptors (Lipinski definition) is 7. The summed E-state index contributed by atoms with van der Waals surface area (Å²) in [5.74, 6) is 1.77. The molecule has 0 aromatic carbocycles. The molecule has 0 spiro atoms. The summed E-state index contributed by atoms with van der Waals surface area (Å²) in [6, 6.07) is 7.01. The Bertz CT molecular complexity index is 1190. The maximum absolute atomic E-state index is 5.78. The van der Waals surface area contributed by atoms with Crippen molar-refractivity contribution in [2.45, 2.75) is 19.0 Å². The van der Waals surface area contributed by atoms with E-state index in [1.807, 2.05) is 30.0 Å². The lowest BCUT2D eigenvalue weighted by molar-refractivity contribution is 0.0374. The fourth-order valence-corrected chi connectivity index (χ4v) is 4.53. The topological polar surface area (TPSA) is 92.6 Å². The van der Waals surface area contributed by atoms with Gasteiger partial charge < -0.3 is 19.7 Å². The van der Waals surface area contributed by atoms with Crippen molar-refractivity contribution in [3.05, 3.63) is 36.8 Å². The minimum atomic E-state index is 0. The Morgan fingerprint density at radius 2 is 2.03 bits per heavy atom. The first-order chi connectivity index (χ1) is 14.8. The van der Waals surface area contributed by atoms with Crippen LogP contribution in [-0.4, -0.2) is 69.8 Å². The van der Waals surface area contributed by atoms with Crippen molar-refractivity contribution in [2.24, 2.45) is 0 Å². The molecule has 9 nitrogen and oxygen atoms in total. The van der Waals surface area contributed by atoms with Crippen LogP contribution >= 0.6 is 12.4 Å². The van der Waals surface area contributed by atoms with Gasteiger partial charge in [0, 0.05) is 42.5 Å². The molecule has 2 fully saturated rings. The van der Waals surface area contributed by atoms with E-state index >= 15 is 0 Å². The molecule has 6 heterocycles. The Morgan fingerprint density at radius 1 is 1.19 bits per heavy atom. The van der Waals surface area contributed by atoms with E-state index in [0.29, 0.717) is 18.7 Å². The molecular weight excluding hydrogens is 418 g/mol. The number of piperazine rings is 1. The van der Waals surface area contributed by atoms with E-state index in [2.05, 4.69) is 43.7 Å². The van der Waals surface area contributed by atoms with E-state index in [1.165, 1.54) is 0 Å². The molecule has 4 aromatic heterocycles. The lowest BCUT2D eigenvalue weighted by Crippen LogP contribution is -2.63. The van der Waals surface area contributed by atoms with Crippen LogP contribution in [0.3, 0.4) is 0 Å². The highest BCUT2D eigenvalue weighted by molar-refractivity contribution is 6.00. The van der Waals surface area contributed by atoms with Gasteiger partial charge in [0.1, 0.15) is 11.6 Å². The fourth-order valence-electron chi connectivity index (χ4n) is 4.53. The van der Waals surface area contributed by atoms with Crippen LogP contribution in [0, 0.1) is 0 Å². The van der Waals surface area contributed by atoms with Crippen molar-refractivity contribution in [1.29, 1.82) is 0 Å². The molecule has 4 aromatic rings. The average molecular weight is 442 g/mol. The highest BCUT2D eigenvalue weighted by Gasteiger charge is 2.31. The molecule has 0 saturated carbocycles. The second kappa shape index (κ2) is 7.99. The van der Waals surface area contributed by atoms with Crippen molar-refractivity contribution >= 4 is 34.8 Å². The number of fused-ring (bicyclic) bond motifs is 5. The highest BCUT2D eigenvalue weighted by atomic mass is 35.5. The molecule has 2 atom stereocenters. The number of H-pyrrole nitrogens is 1. The van der Waals surface area contributed by atoms with Gasteiger partial charge in [-0.05, 0) is 25.1 Å². The normalized spacial score (nSPS) is 20.7. The van der Waals surface area contributed by atoms with Gasteiger partial charge in [-0.15, -0.1) is 17.5 Å². The predicted octanol–water partition coefficient (Wildman–Crippen LogP) is 2.27. The number of pyridine rings is 2. The van der Waals surface area contributed by atoms with E-state index in [0.717, 1.165) is 65.5 Å². The van der Waals surface area contributed by atoms with Gasteiger partial charge in [0.05, 0.1) is 43.1 Å². The van der Waals surface area contributed by atoms with Crippen LogP contribution in [0.25, 0.3) is 27.7 Å². The summed E-state index contributed by atoms with van der Waals surface area (Å²) in [6.07, 6.45) is 5.65. The van der Waals surface area contributed by atoms with Gasteiger partial charge in [-0.25, -0.2) is 9.50 Å². The Kier molecular flexibility index (Phi) is 5.17. The summed E-state index contributed by atoms with van der Waals surface area (Å²) < 4.78 is 13.3. The number of aromatic amines is 1. The molecule has 2 saturated heterocycles. The molecule has 2 aliphatic heterocycles. The van der Waals surface area contributed by atoms with Crippen LogP contribution in [0.5, 0.6) is 5.75 Å². The monoisotopic (exact) mass is 441 g/mol. The van der Waals surface area contributed by atoms with E-state index < -0.39 is 0 Å². The minimum Gasteiger partial charge on any atom is -0.492 e. The third-order valence-electron chi connectivity index (χ3n) is 5.79. The number of halogens is 1. The maximum atomic E-state index is 5.78. The van der Waals surface area contributed by atoms with Gasteiger partial charge in [-0.2, -0.15) is 5.10 Å². The van der Waals surface area contributed by atoms with Crippen molar-refractivity contribution in [3.63, 3.8) is 0 Å². The molecule has 2 bridgehead atoms. The number of ether oxygens (including phenoxy) is 2. The van der Waals surface area contributed by atoms with Crippen molar-refractivity contribution in [1.82, 2.24) is 30.1 Å².